The summed E-state index contributed by atoms with van der Waals surface area (Å²) in [7, 11) is 0. The van der Waals surface area contributed by atoms with Crippen LogP contribution in [0.4, 0.5) is 0 Å². The van der Waals surface area contributed by atoms with Gasteiger partial charge in [0.25, 0.3) is 0 Å². The standard InChI is InChI=1S/C14H24N2O2.ClH/c17-14(9-12-3-1-2-8-18-12)16-7-5-13-11(10-16)4-6-15-13;/h11-13,15H,1-10H2;1H. The highest BCUT2D eigenvalue weighted by Crippen LogP contribution is 2.25. The molecule has 3 heterocycles. The second-order valence-electron chi connectivity index (χ2n) is 5.93. The van der Waals surface area contributed by atoms with E-state index < -0.39 is 0 Å². The summed E-state index contributed by atoms with van der Waals surface area (Å²) in [6, 6.07) is 0.667. The van der Waals surface area contributed by atoms with Gasteiger partial charge in [0.1, 0.15) is 0 Å². The van der Waals surface area contributed by atoms with Crippen molar-refractivity contribution in [3.63, 3.8) is 0 Å². The largest absolute Gasteiger partial charge is 0.378 e. The fourth-order valence-corrected chi connectivity index (χ4v) is 3.57. The summed E-state index contributed by atoms with van der Waals surface area (Å²) in [5, 5.41) is 3.54. The molecule has 0 saturated carbocycles. The third-order valence-corrected chi connectivity index (χ3v) is 4.68. The Morgan fingerprint density at radius 2 is 2.16 bits per heavy atom. The number of carbonyl (C=O) groups excluding carboxylic acids is 1. The molecule has 0 aromatic carbocycles. The molecule has 0 aliphatic carbocycles. The molecule has 1 N–H and O–H groups in total. The van der Waals surface area contributed by atoms with Crippen molar-refractivity contribution in [3.8, 4) is 0 Å². The van der Waals surface area contributed by atoms with E-state index in [1.54, 1.807) is 0 Å². The van der Waals surface area contributed by atoms with Gasteiger partial charge in [-0.05, 0) is 44.6 Å². The Bertz CT molecular complexity index is 308. The molecule has 0 bridgehead atoms. The highest BCUT2D eigenvalue weighted by molar-refractivity contribution is 5.85. The van der Waals surface area contributed by atoms with Crippen molar-refractivity contribution in [3.05, 3.63) is 0 Å². The smallest absolute Gasteiger partial charge is 0.225 e. The topological polar surface area (TPSA) is 41.6 Å². The SMILES string of the molecule is Cl.O=C(CC1CCCCO1)N1CCC2NCCC2C1. The van der Waals surface area contributed by atoms with Gasteiger partial charge in [0.05, 0.1) is 12.5 Å². The summed E-state index contributed by atoms with van der Waals surface area (Å²) in [5.74, 6) is 1.00. The highest BCUT2D eigenvalue weighted by atomic mass is 35.5. The first-order chi connectivity index (χ1) is 8.83. The lowest BCUT2D eigenvalue weighted by Crippen LogP contribution is -2.47. The summed E-state index contributed by atoms with van der Waals surface area (Å²) < 4.78 is 5.67. The quantitative estimate of drug-likeness (QED) is 0.839. The lowest BCUT2D eigenvalue weighted by atomic mass is 9.93. The van der Waals surface area contributed by atoms with Crippen LogP contribution in [0.25, 0.3) is 0 Å². The predicted octanol–water partition coefficient (Wildman–Crippen LogP) is 1.58. The van der Waals surface area contributed by atoms with Gasteiger partial charge in [0.2, 0.25) is 5.91 Å². The number of halogens is 1. The molecule has 0 aromatic rings. The number of piperidine rings is 1. The minimum Gasteiger partial charge on any atom is -0.378 e. The minimum atomic E-state index is 0. The number of carbonyl (C=O) groups is 1. The third-order valence-electron chi connectivity index (χ3n) is 4.68. The number of hydrogen-bond donors (Lipinski definition) is 1. The van der Waals surface area contributed by atoms with Gasteiger partial charge < -0.3 is 15.0 Å². The zero-order valence-corrected chi connectivity index (χ0v) is 12.3. The lowest BCUT2D eigenvalue weighted by Gasteiger charge is -2.36. The maximum Gasteiger partial charge on any atom is 0.225 e. The van der Waals surface area contributed by atoms with E-state index in [0.717, 1.165) is 45.5 Å². The molecule has 3 aliphatic rings. The molecular formula is C14H25ClN2O2. The second kappa shape index (κ2) is 6.91. The number of hydrogen-bond acceptors (Lipinski definition) is 3. The van der Waals surface area contributed by atoms with E-state index in [0.29, 0.717) is 24.3 Å². The molecule has 110 valence electrons. The average Bonchev–Trinajstić information content (AvgIpc) is 2.87. The van der Waals surface area contributed by atoms with E-state index in [-0.39, 0.29) is 18.5 Å². The molecule has 4 nitrogen and oxygen atoms in total. The van der Waals surface area contributed by atoms with Gasteiger partial charge in [0.15, 0.2) is 0 Å². The fraction of sp³-hybridized carbons (Fsp3) is 0.929. The van der Waals surface area contributed by atoms with E-state index in [9.17, 15) is 4.79 Å². The summed E-state index contributed by atoms with van der Waals surface area (Å²) in [5.41, 5.74) is 0. The van der Waals surface area contributed by atoms with Crippen molar-refractivity contribution in [2.24, 2.45) is 5.92 Å². The summed E-state index contributed by atoms with van der Waals surface area (Å²) in [6.07, 6.45) is 6.58. The van der Waals surface area contributed by atoms with Crippen LogP contribution in [0.15, 0.2) is 0 Å². The molecule has 0 spiro atoms. The van der Waals surface area contributed by atoms with Gasteiger partial charge in [-0.15, -0.1) is 12.4 Å². The van der Waals surface area contributed by atoms with Gasteiger partial charge in [-0.2, -0.15) is 0 Å². The lowest BCUT2D eigenvalue weighted by molar-refractivity contribution is -0.137. The van der Waals surface area contributed by atoms with Crippen LogP contribution in [0, 0.1) is 5.92 Å². The Morgan fingerprint density at radius 3 is 2.95 bits per heavy atom. The zero-order valence-electron chi connectivity index (χ0n) is 11.5. The Balaban J connectivity index is 0.00000133. The molecule has 5 heteroatoms. The maximum atomic E-state index is 12.3. The van der Waals surface area contributed by atoms with Crippen molar-refractivity contribution < 1.29 is 9.53 Å². The maximum absolute atomic E-state index is 12.3. The van der Waals surface area contributed by atoms with Crippen LogP contribution in [0.5, 0.6) is 0 Å². The van der Waals surface area contributed by atoms with Gasteiger partial charge >= 0.3 is 0 Å². The number of ether oxygens (including phenoxy) is 1. The van der Waals surface area contributed by atoms with Gasteiger partial charge in [-0.1, -0.05) is 0 Å². The monoisotopic (exact) mass is 288 g/mol. The highest BCUT2D eigenvalue weighted by Gasteiger charge is 2.34. The van der Waals surface area contributed by atoms with E-state index >= 15 is 0 Å². The number of likely N-dealkylation sites (tertiary alicyclic amines) is 1. The normalized spacial score (nSPS) is 34.5. The van der Waals surface area contributed by atoms with E-state index in [4.69, 9.17) is 4.74 Å². The number of nitrogens with zero attached hydrogens (tertiary/aromatic N) is 1. The second-order valence-corrected chi connectivity index (χ2v) is 5.93. The van der Waals surface area contributed by atoms with Crippen LogP contribution in [0.3, 0.4) is 0 Å². The van der Waals surface area contributed by atoms with Crippen molar-refractivity contribution in [2.45, 2.75) is 50.7 Å². The number of rotatable bonds is 2. The fourth-order valence-electron chi connectivity index (χ4n) is 3.57. The van der Waals surface area contributed by atoms with Gasteiger partial charge in [0, 0.05) is 25.7 Å². The first-order valence-electron chi connectivity index (χ1n) is 7.45. The predicted molar refractivity (Wildman–Crippen MR) is 76.6 cm³/mol. The average molecular weight is 289 g/mol. The first-order valence-corrected chi connectivity index (χ1v) is 7.45. The summed E-state index contributed by atoms with van der Waals surface area (Å²) in [6.45, 7) is 3.86. The van der Waals surface area contributed by atoms with E-state index in [1.807, 2.05) is 0 Å². The summed E-state index contributed by atoms with van der Waals surface area (Å²) >= 11 is 0. The summed E-state index contributed by atoms with van der Waals surface area (Å²) in [4.78, 5) is 14.4. The number of fused-ring (bicyclic) bond motifs is 1. The van der Waals surface area contributed by atoms with Crippen molar-refractivity contribution in [1.82, 2.24) is 10.2 Å². The number of nitrogens with one attached hydrogen (secondary N) is 1. The minimum absolute atomic E-state index is 0. The Hall–Kier alpha value is -0.320. The third kappa shape index (κ3) is 3.61. The van der Waals surface area contributed by atoms with E-state index in [2.05, 4.69) is 10.2 Å². The zero-order chi connectivity index (χ0) is 12.4. The Labute approximate surface area is 121 Å². The molecule has 3 atom stereocenters. The molecule has 3 rings (SSSR count). The van der Waals surface area contributed by atoms with Crippen LogP contribution >= 0.6 is 12.4 Å². The van der Waals surface area contributed by atoms with Gasteiger partial charge in [-0.3, -0.25) is 4.79 Å². The molecule has 3 aliphatic heterocycles. The van der Waals surface area contributed by atoms with Crippen LogP contribution in [0.1, 0.15) is 38.5 Å². The van der Waals surface area contributed by atoms with Crippen LogP contribution in [-0.2, 0) is 9.53 Å². The van der Waals surface area contributed by atoms with Crippen LogP contribution in [0.2, 0.25) is 0 Å². The van der Waals surface area contributed by atoms with Crippen LogP contribution in [-0.4, -0.2) is 49.2 Å². The molecule has 3 saturated heterocycles. The molecule has 3 fully saturated rings. The number of amides is 1. The van der Waals surface area contributed by atoms with Crippen LogP contribution < -0.4 is 5.32 Å². The molecule has 3 unspecified atom stereocenters. The first kappa shape index (κ1) is 15.1. The van der Waals surface area contributed by atoms with E-state index in [1.165, 1.54) is 12.8 Å². The molecular weight excluding hydrogens is 264 g/mol. The Morgan fingerprint density at radius 1 is 1.26 bits per heavy atom. The molecule has 0 aromatic heterocycles. The van der Waals surface area contributed by atoms with Crippen molar-refractivity contribution >= 4 is 18.3 Å². The van der Waals surface area contributed by atoms with Crippen molar-refractivity contribution in [1.29, 1.82) is 0 Å². The molecule has 0 radical (unpaired) electrons. The molecule has 19 heavy (non-hydrogen) atoms. The molecule has 1 amide bonds. The van der Waals surface area contributed by atoms with Crippen molar-refractivity contribution in [2.75, 3.05) is 26.2 Å². The Kier molecular flexibility index (Phi) is 5.48. The van der Waals surface area contributed by atoms with Gasteiger partial charge in [-0.25, -0.2) is 0 Å².